The van der Waals surface area contributed by atoms with Crippen molar-refractivity contribution >= 4 is 11.9 Å². The maximum Gasteiger partial charge on any atom is 0.354 e. The van der Waals surface area contributed by atoms with Crippen molar-refractivity contribution in [2.24, 2.45) is 0 Å². The van der Waals surface area contributed by atoms with Gasteiger partial charge in [-0.1, -0.05) is 36.2 Å². The Kier molecular flexibility index (Phi) is 4.83. The predicted octanol–water partition coefficient (Wildman–Crippen LogP) is 3.50. The van der Waals surface area contributed by atoms with Crippen LogP contribution >= 0.6 is 0 Å². The highest BCUT2D eigenvalue weighted by molar-refractivity contribution is 5.96. The van der Waals surface area contributed by atoms with Crippen molar-refractivity contribution in [3.8, 4) is 0 Å². The molecule has 130 valence electrons. The van der Waals surface area contributed by atoms with E-state index in [4.69, 9.17) is 5.11 Å². The molecule has 2 aromatic rings. The van der Waals surface area contributed by atoms with Crippen LogP contribution in [0.5, 0.6) is 0 Å². The standard InChI is InChI=1S/C20H22N2O3/c1-13-6-8-14(9-7-13)16-4-3-5-18(16)22(2)19(23)15-10-11-21-17(12-15)20(24)25/h6-12,16,18H,3-5H2,1-2H3,(H,24,25). The number of nitrogens with zero attached hydrogens (tertiary/aromatic N) is 2. The Bertz CT molecular complexity index is 786. The molecule has 1 aromatic carbocycles. The van der Waals surface area contributed by atoms with Crippen LogP contribution in [0.25, 0.3) is 0 Å². The third-order valence-corrected chi connectivity index (χ3v) is 5.03. The molecule has 0 spiro atoms. The van der Waals surface area contributed by atoms with Gasteiger partial charge in [0, 0.05) is 30.8 Å². The Hall–Kier alpha value is -2.69. The van der Waals surface area contributed by atoms with Gasteiger partial charge in [-0.2, -0.15) is 0 Å². The van der Waals surface area contributed by atoms with Gasteiger partial charge in [-0.25, -0.2) is 9.78 Å². The zero-order valence-electron chi connectivity index (χ0n) is 14.5. The highest BCUT2D eigenvalue weighted by atomic mass is 16.4. The third kappa shape index (κ3) is 3.55. The predicted molar refractivity (Wildman–Crippen MR) is 94.8 cm³/mol. The Balaban J connectivity index is 1.82. The van der Waals surface area contributed by atoms with Gasteiger partial charge in [0.2, 0.25) is 0 Å². The summed E-state index contributed by atoms with van der Waals surface area (Å²) in [5, 5.41) is 9.07. The van der Waals surface area contributed by atoms with Gasteiger partial charge >= 0.3 is 5.97 Å². The fourth-order valence-electron chi connectivity index (χ4n) is 3.64. The van der Waals surface area contributed by atoms with Crippen LogP contribution in [0.15, 0.2) is 42.6 Å². The summed E-state index contributed by atoms with van der Waals surface area (Å²) < 4.78 is 0. The Morgan fingerprint density at radius 2 is 1.88 bits per heavy atom. The second kappa shape index (κ2) is 7.05. The topological polar surface area (TPSA) is 70.5 Å². The molecule has 0 bridgehead atoms. The largest absolute Gasteiger partial charge is 0.477 e. The van der Waals surface area contributed by atoms with Gasteiger partial charge in [0.1, 0.15) is 5.69 Å². The van der Waals surface area contributed by atoms with Crippen molar-refractivity contribution in [2.45, 2.75) is 38.1 Å². The minimum absolute atomic E-state index is 0.110. The third-order valence-electron chi connectivity index (χ3n) is 5.03. The van der Waals surface area contributed by atoms with Gasteiger partial charge in [0.15, 0.2) is 0 Å². The maximum atomic E-state index is 12.8. The summed E-state index contributed by atoms with van der Waals surface area (Å²) in [4.78, 5) is 29.5. The summed E-state index contributed by atoms with van der Waals surface area (Å²) in [6.07, 6.45) is 4.47. The molecule has 0 saturated heterocycles. The minimum atomic E-state index is -1.13. The number of hydrogen-bond acceptors (Lipinski definition) is 3. The van der Waals surface area contributed by atoms with E-state index in [0.29, 0.717) is 11.5 Å². The molecule has 1 N–H and O–H groups in total. The first-order chi connectivity index (χ1) is 12.0. The highest BCUT2D eigenvalue weighted by Crippen LogP contribution is 2.37. The van der Waals surface area contributed by atoms with Crippen molar-refractivity contribution in [2.75, 3.05) is 7.05 Å². The van der Waals surface area contributed by atoms with E-state index < -0.39 is 5.97 Å². The molecular formula is C20H22N2O3. The lowest BCUT2D eigenvalue weighted by Crippen LogP contribution is -2.38. The quantitative estimate of drug-likeness (QED) is 0.926. The summed E-state index contributed by atoms with van der Waals surface area (Å²) >= 11 is 0. The molecule has 1 aliphatic carbocycles. The van der Waals surface area contributed by atoms with E-state index in [1.54, 1.807) is 18.0 Å². The summed E-state index contributed by atoms with van der Waals surface area (Å²) in [5.74, 6) is -0.972. The zero-order valence-corrected chi connectivity index (χ0v) is 14.5. The summed E-state index contributed by atoms with van der Waals surface area (Å²) in [7, 11) is 1.81. The van der Waals surface area contributed by atoms with Crippen LogP contribution in [0.3, 0.4) is 0 Å². The lowest BCUT2D eigenvalue weighted by molar-refractivity contribution is 0.0690. The number of amides is 1. The van der Waals surface area contributed by atoms with E-state index in [1.807, 2.05) is 0 Å². The van der Waals surface area contributed by atoms with Crippen LogP contribution in [0, 0.1) is 6.92 Å². The number of benzene rings is 1. The van der Waals surface area contributed by atoms with Gasteiger partial charge in [-0.3, -0.25) is 4.79 Å². The molecule has 25 heavy (non-hydrogen) atoms. The number of likely N-dealkylation sites (N-methyl/N-ethyl adjacent to an activating group) is 1. The number of hydrogen-bond donors (Lipinski definition) is 1. The van der Waals surface area contributed by atoms with Gasteiger partial charge in [-0.15, -0.1) is 0 Å². The van der Waals surface area contributed by atoms with Crippen molar-refractivity contribution < 1.29 is 14.7 Å². The number of pyridine rings is 1. The van der Waals surface area contributed by atoms with Crippen LogP contribution in [0.1, 0.15) is 57.2 Å². The Morgan fingerprint density at radius 1 is 1.16 bits per heavy atom. The van der Waals surface area contributed by atoms with Gasteiger partial charge in [-0.05, 0) is 37.5 Å². The molecular weight excluding hydrogens is 316 g/mol. The van der Waals surface area contributed by atoms with Gasteiger partial charge < -0.3 is 10.0 Å². The van der Waals surface area contributed by atoms with Crippen molar-refractivity contribution in [3.05, 3.63) is 65.0 Å². The first-order valence-corrected chi connectivity index (χ1v) is 8.50. The van der Waals surface area contributed by atoms with Crippen LogP contribution in [-0.2, 0) is 0 Å². The first-order valence-electron chi connectivity index (χ1n) is 8.50. The summed E-state index contributed by atoms with van der Waals surface area (Å²) in [5.41, 5.74) is 2.74. The van der Waals surface area contributed by atoms with E-state index in [0.717, 1.165) is 19.3 Å². The molecule has 5 heteroatoms. The average molecular weight is 338 g/mol. The Labute approximate surface area is 147 Å². The molecule has 1 amide bonds. The number of carbonyl (C=O) groups excluding carboxylic acids is 1. The zero-order chi connectivity index (χ0) is 18.0. The molecule has 5 nitrogen and oxygen atoms in total. The SMILES string of the molecule is Cc1ccc(C2CCCC2N(C)C(=O)c2ccnc(C(=O)O)c2)cc1. The second-order valence-corrected chi connectivity index (χ2v) is 6.67. The lowest BCUT2D eigenvalue weighted by atomic mass is 9.92. The van der Waals surface area contributed by atoms with Gasteiger partial charge in [0.05, 0.1) is 0 Å². The molecule has 2 unspecified atom stereocenters. The molecule has 0 radical (unpaired) electrons. The van der Waals surface area contributed by atoms with E-state index in [2.05, 4.69) is 36.2 Å². The van der Waals surface area contributed by atoms with Crippen molar-refractivity contribution in [1.82, 2.24) is 9.88 Å². The Morgan fingerprint density at radius 3 is 2.56 bits per heavy atom. The molecule has 3 rings (SSSR count). The number of rotatable bonds is 4. The number of aryl methyl sites for hydroxylation is 1. The number of carboxylic acids is 1. The molecule has 1 heterocycles. The second-order valence-electron chi connectivity index (χ2n) is 6.67. The smallest absolute Gasteiger partial charge is 0.354 e. The monoisotopic (exact) mass is 338 g/mol. The number of carbonyl (C=O) groups is 2. The fraction of sp³-hybridized carbons (Fsp3) is 0.350. The van der Waals surface area contributed by atoms with Crippen molar-refractivity contribution in [1.29, 1.82) is 0 Å². The normalized spacial score (nSPS) is 19.6. The van der Waals surface area contributed by atoms with E-state index in [-0.39, 0.29) is 17.6 Å². The summed E-state index contributed by atoms with van der Waals surface area (Å²) in [6.45, 7) is 2.06. The number of carboxylic acid groups (broad SMARTS) is 1. The molecule has 1 fully saturated rings. The lowest BCUT2D eigenvalue weighted by Gasteiger charge is -2.30. The van der Waals surface area contributed by atoms with Crippen molar-refractivity contribution in [3.63, 3.8) is 0 Å². The maximum absolute atomic E-state index is 12.8. The van der Waals surface area contributed by atoms with Crippen LogP contribution < -0.4 is 0 Å². The number of aromatic carboxylic acids is 1. The fourth-order valence-corrected chi connectivity index (χ4v) is 3.64. The number of aromatic nitrogens is 1. The van der Waals surface area contributed by atoms with E-state index >= 15 is 0 Å². The van der Waals surface area contributed by atoms with E-state index in [9.17, 15) is 9.59 Å². The molecule has 1 aromatic heterocycles. The first kappa shape index (κ1) is 17.1. The van der Waals surface area contributed by atoms with Crippen LogP contribution in [0.2, 0.25) is 0 Å². The van der Waals surface area contributed by atoms with E-state index in [1.165, 1.54) is 23.4 Å². The molecule has 0 aliphatic heterocycles. The summed E-state index contributed by atoms with van der Waals surface area (Å²) in [6, 6.07) is 11.5. The van der Waals surface area contributed by atoms with Crippen LogP contribution in [-0.4, -0.2) is 40.0 Å². The minimum Gasteiger partial charge on any atom is -0.477 e. The molecule has 1 saturated carbocycles. The highest BCUT2D eigenvalue weighted by Gasteiger charge is 2.34. The molecule has 1 aliphatic rings. The van der Waals surface area contributed by atoms with Gasteiger partial charge in [0.25, 0.3) is 5.91 Å². The molecule has 2 atom stereocenters. The van der Waals surface area contributed by atoms with Crippen LogP contribution in [0.4, 0.5) is 0 Å². The average Bonchev–Trinajstić information content (AvgIpc) is 3.11.